The predicted molar refractivity (Wildman–Crippen MR) is 122 cm³/mol. The summed E-state index contributed by atoms with van der Waals surface area (Å²) in [6, 6.07) is 17.2. The normalized spacial score (nSPS) is 13.4. The van der Waals surface area contributed by atoms with Crippen LogP contribution >= 0.6 is 0 Å². The van der Waals surface area contributed by atoms with E-state index >= 15 is 0 Å². The van der Waals surface area contributed by atoms with E-state index in [1.54, 1.807) is 42.5 Å². The van der Waals surface area contributed by atoms with Gasteiger partial charge in [-0.1, -0.05) is 18.2 Å². The van der Waals surface area contributed by atoms with Crippen molar-refractivity contribution in [3.8, 4) is 17.2 Å². The maximum absolute atomic E-state index is 13.9. The van der Waals surface area contributed by atoms with E-state index in [0.29, 0.717) is 28.5 Å². The van der Waals surface area contributed by atoms with Crippen molar-refractivity contribution in [2.24, 2.45) is 0 Å². The van der Waals surface area contributed by atoms with Crippen LogP contribution in [0.1, 0.15) is 5.56 Å². The Morgan fingerprint density at radius 1 is 0.788 bits per heavy atom. The second kappa shape index (κ2) is 9.04. The van der Waals surface area contributed by atoms with Crippen LogP contribution in [0.4, 0.5) is 15.8 Å². The number of hydrogen-bond donors (Lipinski definition) is 1. The first-order valence-corrected chi connectivity index (χ1v) is 9.99. The molecule has 1 heterocycles. The van der Waals surface area contributed by atoms with Crippen molar-refractivity contribution in [2.45, 2.75) is 0 Å². The fourth-order valence-electron chi connectivity index (χ4n) is 3.60. The zero-order valence-corrected chi connectivity index (χ0v) is 18.2. The molecular weight excluding hydrogens is 427 g/mol. The lowest BCUT2D eigenvalue weighted by Crippen LogP contribution is -2.32. The third-order valence-corrected chi connectivity index (χ3v) is 5.16. The highest BCUT2D eigenvalue weighted by molar-refractivity contribution is 6.46. The Balaban J connectivity index is 1.85. The molecule has 7 nitrogen and oxygen atoms in total. The maximum Gasteiger partial charge on any atom is 0.282 e. The number of nitrogens with zero attached hydrogens (tertiary/aromatic N) is 1. The van der Waals surface area contributed by atoms with Gasteiger partial charge in [0.2, 0.25) is 0 Å². The molecule has 0 atom stereocenters. The number of carbonyl (C=O) groups is 2. The Labute approximate surface area is 190 Å². The predicted octanol–water partition coefficient (Wildman–Crippen LogP) is 4.25. The molecule has 0 aromatic heterocycles. The van der Waals surface area contributed by atoms with E-state index in [2.05, 4.69) is 5.32 Å². The summed E-state index contributed by atoms with van der Waals surface area (Å²) < 4.78 is 29.8. The third-order valence-electron chi connectivity index (χ3n) is 5.16. The van der Waals surface area contributed by atoms with E-state index in [9.17, 15) is 14.0 Å². The zero-order valence-electron chi connectivity index (χ0n) is 18.2. The van der Waals surface area contributed by atoms with Crippen LogP contribution in [0, 0.1) is 5.82 Å². The van der Waals surface area contributed by atoms with Crippen LogP contribution in [-0.4, -0.2) is 33.1 Å². The van der Waals surface area contributed by atoms with Crippen LogP contribution < -0.4 is 24.4 Å². The maximum atomic E-state index is 13.9. The van der Waals surface area contributed by atoms with E-state index in [1.165, 1.54) is 39.5 Å². The van der Waals surface area contributed by atoms with E-state index in [1.807, 2.05) is 0 Å². The number of hydrogen-bond acceptors (Lipinski definition) is 6. The van der Waals surface area contributed by atoms with Crippen LogP contribution in [0.3, 0.4) is 0 Å². The van der Waals surface area contributed by atoms with Crippen LogP contribution in [0.5, 0.6) is 17.2 Å². The number of benzene rings is 3. The minimum Gasteiger partial charge on any atom is -0.497 e. The van der Waals surface area contributed by atoms with Crippen molar-refractivity contribution in [1.29, 1.82) is 0 Å². The van der Waals surface area contributed by atoms with Gasteiger partial charge < -0.3 is 19.5 Å². The molecule has 0 unspecified atom stereocenters. The Bertz CT molecular complexity index is 1270. The average Bonchev–Trinajstić information content (AvgIpc) is 3.07. The quantitative estimate of drug-likeness (QED) is 0.545. The number of halogens is 1. The second-order valence-corrected chi connectivity index (χ2v) is 7.10. The molecule has 33 heavy (non-hydrogen) atoms. The van der Waals surface area contributed by atoms with Gasteiger partial charge in [-0.15, -0.1) is 0 Å². The zero-order chi connectivity index (χ0) is 23.5. The first-order valence-electron chi connectivity index (χ1n) is 9.99. The van der Waals surface area contributed by atoms with Crippen LogP contribution in [-0.2, 0) is 9.59 Å². The summed E-state index contributed by atoms with van der Waals surface area (Å²) >= 11 is 0. The van der Waals surface area contributed by atoms with Crippen LogP contribution in [0.25, 0.3) is 5.57 Å². The van der Waals surface area contributed by atoms with Gasteiger partial charge in [0.05, 0.1) is 32.6 Å². The lowest BCUT2D eigenvalue weighted by atomic mass is 10.0. The van der Waals surface area contributed by atoms with E-state index in [4.69, 9.17) is 14.2 Å². The van der Waals surface area contributed by atoms with Gasteiger partial charge in [0.1, 0.15) is 17.3 Å². The third kappa shape index (κ3) is 4.10. The molecule has 0 aliphatic carbocycles. The molecule has 0 spiro atoms. The molecule has 4 rings (SSSR count). The number of imide groups is 1. The summed E-state index contributed by atoms with van der Waals surface area (Å²) in [5, 5.41) is 3.05. The second-order valence-electron chi connectivity index (χ2n) is 7.10. The topological polar surface area (TPSA) is 77.1 Å². The molecule has 1 aliphatic rings. The van der Waals surface area contributed by atoms with Gasteiger partial charge in [-0.2, -0.15) is 0 Å². The summed E-state index contributed by atoms with van der Waals surface area (Å²) in [6.07, 6.45) is 0. The first-order chi connectivity index (χ1) is 16.0. The largest absolute Gasteiger partial charge is 0.497 e. The van der Waals surface area contributed by atoms with Crippen molar-refractivity contribution in [3.63, 3.8) is 0 Å². The van der Waals surface area contributed by atoms with E-state index < -0.39 is 17.6 Å². The Hall–Kier alpha value is -4.33. The highest BCUT2D eigenvalue weighted by atomic mass is 19.1. The van der Waals surface area contributed by atoms with Crippen LogP contribution in [0.15, 0.2) is 72.4 Å². The van der Waals surface area contributed by atoms with E-state index in [0.717, 1.165) is 11.0 Å². The van der Waals surface area contributed by atoms with Gasteiger partial charge in [0.15, 0.2) is 11.5 Å². The molecule has 8 heteroatoms. The number of rotatable bonds is 7. The lowest BCUT2D eigenvalue weighted by molar-refractivity contribution is -0.120. The van der Waals surface area contributed by atoms with Gasteiger partial charge in [-0.25, -0.2) is 9.29 Å². The highest BCUT2D eigenvalue weighted by Gasteiger charge is 2.40. The van der Waals surface area contributed by atoms with Crippen molar-refractivity contribution < 1.29 is 28.2 Å². The monoisotopic (exact) mass is 448 g/mol. The molecule has 0 radical (unpaired) electrons. The van der Waals surface area contributed by atoms with Gasteiger partial charge in [-0.05, 0) is 48.0 Å². The molecule has 2 amide bonds. The number of amides is 2. The van der Waals surface area contributed by atoms with Gasteiger partial charge in [0.25, 0.3) is 11.8 Å². The number of ether oxygens (including phenoxy) is 3. The Morgan fingerprint density at radius 2 is 1.55 bits per heavy atom. The number of anilines is 2. The standard InChI is InChI=1S/C25H21FN2O5/c1-31-19-9-5-7-17(14-19)27-23-22(15-10-11-20(32-2)21(12-15)33-3)24(29)28(25(23)30)18-8-4-6-16(26)13-18/h4-14,27H,1-3H3. The highest BCUT2D eigenvalue weighted by Crippen LogP contribution is 2.37. The number of nitrogens with one attached hydrogen (secondary N) is 1. The fourth-order valence-corrected chi connectivity index (χ4v) is 3.60. The summed E-state index contributed by atoms with van der Waals surface area (Å²) in [4.78, 5) is 27.9. The van der Waals surface area contributed by atoms with Gasteiger partial charge in [0, 0.05) is 11.8 Å². The summed E-state index contributed by atoms with van der Waals surface area (Å²) in [7, 11) is 4.51. The van der Waals surface area contributed by atoms with Gasteiger partial charge >= 0.3 is 0 Å². The Morgan fingerprint density at radius 3 is 2.24 bits per heavy atom. The van der Waals surface area contributed by atoms with Crippen molar-refractivity contribution in [2.75, 3.05) is 31.5 Å². The first kappa shape index (κ1) is 21.9. The summed E-state index contributed by atoms with van der Waals surface area (Å²) in [5.74, 6) is -0.320. The van der Waals surface area contributed by atoms with Crippen molar-refractivity contribution in [3.05, 3.63) is 83.8 Å². The molecule has 0 bridgehead atoms. The molecular formula is C25H21FN2O5. The van der Waals surface area contributed by atoms with E-state index in [-0.39, 0.29) is 17.0 Å². The summed E-state index contributed by atoms with van der Waals surface area (Å²) in [5.41, 5.74) is 1.28. The average molecular weight is 448 g/mol. The molecule has 168 valence electrons. The molecule has 0 saturated carbocycles. The smallest absolute Gasteiger partial charge is 0.282 e. The minimum atomic E-state index is -0.613. The molecule has 1 aliphatic heterocycles. The molecule has 3 aromatic carbocycles. The van der Waals surface area contributed by atoms with Crippen LogP contribution in [0.2, 0.25) is 0 Å². The molecule has 0 fully saturated rings. The number of carbonyl (C=O) groups excluding carboxylic acids is 2. The minimum absolute atomic E-state index is 0.0461. The number of methoxy groups -OCH3 is 3. The molecule has 0 saturated heterocycles. The van der Waals surface area contributed by atoms with Gasteiger partial charge in [-0.3, -0.25) is 9.59 Å². The Kier molecular flexibility index (Phi) is 5.99. The fraction of sp³-hybridized carbons (Fsp3) is 0.120. The SMILES string of the molecule is COc1cccc(NC2=C(c3ccc(OC)c(OC)c3)C(=O)N(c3cccc(F)c3)C2=O)c1. The lowest BCUT2D eigenvalue weighted by Gasteiger charge is -2.15. The summed E-state index contributed by atoms with van der Waals surface area (Å²) in [6.45, 7) is 0. The van der Waals surface area contributed by atoms with Crippen molar-refractivity contribution in [1.82, 2.24) is 0 Å². The molecule has 1 N–H and O–H groups in total. The molecule has 3 aromatic rings. The van der Waals surface area contributed by atoms with Crippen molar-refractivity contribution >= 4 is 28.8 Å².